The predicted molar refractivity (Wildman–Crippen MR) is 86.1 cm³/mol. The SMILES string of the molecule is C=CC[C@H](NNC(=O)c1ccccc1)c1ccc(Cl)cc1. The van der Waals surface area contributed by atoms with Crippen molar-refractivity contribution in [3.63, 3.8) is 0 Å². The fraction of sp³-hybridized carbons (Fsp3) is 0.118. The number of nitrogens with one attached hydrogen (secondary N) is 2. The number of hydrazine groups is 1. The fourth-order valence-corrected chi connectivity index (χ4v) is 2.08. The molecule has 108 valence electrons. The molecule has 3 nitrogen and oxygen atoms in total. The summed E-state index contributed by atoms with van der Waals surface area (Å²) in [5.41, 5.74) is 7.41. The van der Waals surface area contributed by atoms with E-state index in [1.807, 2.05) is 42.5 Å². The molecule has 0 unspecified atom stereocenters. The van der Waals surface area contributed by atoms with Crippen molar-refractivity contribution in [1.29, 1.82) is 0 Å². The average molecular weight is 301 g/mol. The van der Waals surface area contributed by atoms with E-state index >= 15 is 0 Å². The second kappa shape index (κ2) is 7.62. The number of hydrogen-bond donors (Lipinski definition) is 2. The quantitative estimate of drug-likeness (QED) is 0.627. The summed E-state index contributed by atoms with van der Waals surface area (Å²) >= 11 is 5.89. The Morgan fingerprint density at radius 2 is 1.81 bits per heavy atom. The first-order valence-electron chi connectivity index (χ1n) is 6.68. The van der Waals surface area contributed by atoms with Crippen LogP contribution in [-0.4, -0.2) is 5.91 Å². The van der Waals surface area contributed by atoms with Crippen LogP contribution in [-0.2, 0) is 0 Å². The predicted octanol–water partition coefficient (Wildman–Crippen LogP) is 3.89. The Labute approximate surface area is 129 Å². The standard InChI is InChI=1S/C17H17ClN2O/c1-2-6-16(13-9-11-15(18)12-10-13)19-20-17(21)14-7-4-3-5-8-14/h2-5,7-12,16,19H,1,6H2,(H,20,21)/t16-/m0/s1. The first-order chi connectivity index (χ1) is 10.2. The number of benzene rings is 2. The molecule has 0 fully saturated rings. The molecule has 0 bridgehead atoms. The van der Waals surface area contributed by atoms with Crippen molar-refractivity contribution in [3.05, 3.63) is 83.4 Å². The van der Waals surface area contributed by atoms with Crippen molar-refractivity contribution in [3.8, 4) is 0 Å². The number of halogens is 1. The van der Waals surface area contributed by atoms with Crippen LogP contribution >= 0.6 is 11.6 Å². The lowest BCUT2D eigenvalue weighted by Gasteiger charge is -2.18. The molecule has 0 heterocycles. The van der Waals surface area contributed by atoms with Gasteiger partial charge >= 0.3 is 0 Å². The number of hydrogen-bond acceptors (Lipinski definition) is 2. The highest BCUT2D eigenvalue weighted by molar-refractivity contribution is 6.30. The lowest BCUT2D eigenvalue weighted by molar-refractivity contribution is 0.0925. The number of carbonyl (C=O) groups excluding carboxylic acids is 1. The minimum atomic E-state index is -0.168. The lowest BCUT2D eigenvalue weighted by Crippen LogP contribution is -2.39. The van der Waals surface area contributed by atoms with E-state index in [0.717, 1.165) is 5.56 Å². The van der Waals surface area contributed by atoms with Crippen LogP contribution in [0.25, 0.3) is 0 Å². The zero-order chi connectivity index (χ0) is 15.1. The van der Waals surface area contributed by atoms with E-state index in [4.69, 9.17) is 11.6 Å². The van der Waals surface area contributed by atoms with Crippen LogP contribution in [0.2, 0.25) is 5.02 Å². The zero-order valence-electron chi connectivity index (χ0n) is 11.6. The molecule has 21 heavy (non-hydrogen) atoms. The van der Waals surface area contributed by atoms with Crippen molar-refractivity contribution in [1.82, 2.24) is 10.9 Å². The molecule has 1 amide bonds. The molecule has 0 saturated carbocycles. The molecular formula is C17H17ClN2O. The topological polar surface area (TPSA) is 41.1 Å². The Morgan fingerprint density at radius 3 is 2.43 bits per heavy atom. The van der Waals surface area contributed by atoms with Gasteiger partial charge in [-0.15, -0.1) is 6.58 Å². The van der Waals surface area contributed by atoms with E-state index in [1.165, 1.54) is 0 Å². The van der Waals surface area contributed by atoms with Crippen LogP contribution in [0, 0.1) is 0 Å². The molecule has 0 aromatic heterocycles. The third-order valence-corrected chi connectivity index (χ3v) is 3.32. The highest BCUT2D eigenvalue weighted by atomic mass is 35.5. The molecule has 0 aliphatic rings. The molecule has 2 rings (SSSR count). The molecule has 0 saturated heterocycles. The van der Waals surface area contributed by atoms with E-state index in [0.29, 0.717) is 17.0 Å². The van der Waals surface area contributed by atoms with Gasteiger partial charge in [-0.1, -0.05) is 48.0 Å². The summed E-state index contributed by atoms with van der Waals surface area (Å²) < 4.78 is 0. The second-order valence-corrected chi connectivity index (χ2v) is 5.03. The van der Waals surface area contributed by atoms with Gasteiger partial charge in [0.25, 0.3) is 5.91 Å². The molecule has 2 aromatic rings. The highest BCUT2D eigenvalue weighted by Gasteiger charge is 2.11. The van der Waals surface area contributed by atoms with Crippen LogP contribution in [0.5, 0.6) is 0 Å². The van der Waals surface area contributed by atoms with E-state index in [-0.39, 0.29) is 11.9 Å². The molecule has 2 N–H and O–H groups in total. The maximum atomic E-state index is 12.0. The van der Waals surface area contributed by atoms with Crippen LogP contribution in [0.3, 0.4) is 0 Å². The molecule has 0 spiro atoms. The Hall–Kier alpha value is -2.10. The maximum absolute atomic E-state index is 12.0. The normalized spacial score (nSPS) is 11.7. The van der Waals surface area contributed by atoms with Gasteiger partial charge < -0.3 is 0 Å². The van der Waals surface area contributed by atoms with Crippen molar-refractivity contribution < 1.29 is 4.79 Å². The second-order valence-electron chi connectivity index (χ2n) is 4.59. The first kappa shape index (κ1) is 15.3. The minimum absolute atomic E-state index is 0.0487. The van der Waals surface area contributed by atoms with E-state index in [9.17, 15) is 4.79 Å². The Kier molecular flexibility index (Phi) is 5.55. The molecule has 0 aliphatic carbocycles. The third kappa shape index (κ3) is 4.45. The fourth-order valence-electron chi connectivity index (χ4n) is 1.95. The third-order valence-electron chi connectivity index (χ3n) is 3.07. The maximum Gasteiger partial charge on any atom is 0.265 e. The van der Waals surface area contributed by atoms with Gasteiger partial charge in [-0.25, -0.2) is 5.43 Å². The molecule has 1 atom stereocenters. The van der Waals surface area contributed by atoms with Crippen molar-refractivity contribution in [2.75, 3.05) is 0 Å². The largest absolute Gasteiger partial charge is 0.287 e. The summed E-state index contributed by atoms with van der Waals surface area (Å²) in [4.78, 5) is 12.0. The number of amides is 1. The zero-order valence-corrected chi connectivity index (χ0v) is 12.3. The summed E-state index contributed by atoms with van der Waals surface area (Å²) in [5, 5.41) is 0.685. The number of rotatable bonds is 6. The van der Waals surface area contributed by atoms with Crippen LogP contribution < -0.4 is 10.9 Å². The Morgan fingerprint density at radius 1 is 1.14 bits per heavy atom. The Bertz CT molecular complexity index is 596. The van der Waals surface area contributed by atoms with Gasteiger partial charge in [-0.05, 0) is 36.2 Å². The summed E-state index contributed by atoms with van der Waals surface area (Å²) in [6, 6.07) is 16.5. The van der Waals surface area contributed by atoms with Gasteiger partial charge in [0.1, 0.15) is 0 Å². The summed E-state index contributed by atoms with van der Waals surface area (Å²) in [7, 11) is 0. The van der Waals surface area contributed by atoms with Gasteiger partial charge in [0.2, 0.25) is 0 Å². The van der Waals surface area contributed by atoms with Gasteiger partial charge in [-0.2, -0.15) is 0 Å². The lowest BCUT2D eigenvalue weighted by atomic mass is 10.0. The van der Waals surface area contributed by atoms with Crippen LogP contribution in [0.1, 0.15) is 28.4 Å². The summed E-state index contributed by atoms with van der Waals surface area (Å²) in [6.45, 7) is 3.75. The highest BCUT2D eigenvalue weighted by Crippen LogP contribution is 2.19. The Balaban J connectivity index is 2.02. The van der Waals surface area contributed by atoms with Crippen molar-refractivity contribution >= 4 is 17.5 Å². The number of carbonyl (C=O) groups is 1. The average Bonchev–Trinajstić information content (AvgIpc) is 2.53. The first-order valence-corrected chi connectivity index (χ1v) is 7.06. The van der Waals surface area contributed by atoms with Crippen molar-refractivity contribution in [2.45, 2.75) is 12.5 Å². The minimum Gasteiger partial charge on any atom is -0.287 e. The van der Waals surface area contributed by atoms with E-state index in [2.05, 4.69) is 17.4 Å². The molecular weight excluding hydrogens is 284 g/mol. The van der Waals surface area contributed by atoms with Gasteiger partial charge in [-0.3, -0.25) is 10.2 Å². The molecule has 0 aliphatic heterocycles. The summed E-state index contributed by atoms with van der Waals surface area (Å²) in [5.74, 6) is -0.168. The van der Waals surface area contributed by atoms with E-state index < -0.39 is 0 Å². The molecule has 2 aromatic carbocycles. The van der Waals surface area contributed by atoms with E-state index in [1.54, 1.807) is 18.2 Å². The van der Waals surface area contributed by atoms with Gasteiger partial charge in [0.05, 0.1) is 6.04 Å². The molecule has 4 heteroatoms. The van der Waals surface area contributed by atoms with Crippen LogP contribution in [0.4, 0.5) is 0 Å². The summed E-state index contributed by atoms with van der Waals surface area (Å²) in [6.07, 6.45) is 2.50. The molecule has 0 radical (unpaired) electrons. The van der Waals surface area contributed by atoms with Gasteiger partial charge in [0.15, 0.2) is 0 Å². The van der Waals surface area contributed by atoms with Crippen molar-refractivity contribution in [2.24, 2.45) is 0 Å². The smallest absolute Gasteiger partial charge is 0.265 e. The monoisotopic (exact) mass is 300 g/mol. The van der Waals surface area contributed by atoms with Crippen LogP contribution in [0.15, 0.2) is 67.3 Å². The van der Waals surface area contributed by atoms with Gasteiger partial charge in [0, 0.05) is 10.6 Å².